The van der Waals surface area contributed by atoms with Crippen LogP contribution in [0.4, 0.5) is 0 Å². The van der Waals surface area contributed by atoms with E-state index in [1.807, 2.05) is 0 Å². The quantitative estimate of drug-likeness (QED) is 0.897. The fourth-order valence-corrected chi connectivity index (χ4v) is 3.77. The highest BCUT2D eigenvalue weighted by molar-refractivity contribution is 9.10. The van der Waals surface area contributed by atoms with Crippen LogP contribution in [0.5, 0.6) is 0 Å². The van der Waals surface area contributed by atoms with Gasteiger partial charge in [0.15, 0.2) is 0 Å². The molecule has 0 saturated carbocycles. The van der Waals surface area contributed by atoms with E-state index < -0.39 is 0 Å². The highest BCUT2D eigenvalue weighted by atomic mass is 79.9. The van der Waals surface area contributed by atoms with E-state index in [1.165, 1.54) is 22.2 Å². The topological polar surface area (TPSA) is 21.3 Å². The van der Waals surface area contributed by atoms with Crippen molar-refractivity contribution in [3.8, 4) is 0 Å². The molecule has 0 aliphatic carbocycles. The molecule has 16 heavy (non-hydrogen) atoms. The Morgan fingerprint density at radius 2 is 2.56 bits per heavy atom. The van der Waals surface area contributed by atoms with Crippen molar-refractivity contribution in [1.29, 1.82) is 0 Å². The summed E-state index contributed by atoms with van der Waals surface area (Å²) in [6.45, 7) is 5.22. The van der Waals surface area contributed by atoms with Gasteiger partial charge >= 0.3 is 0 Å². The molecule has 1 N–H and O–H groups in total. The predicted molar refractivity (Wildman–Crippen MR) is 72.0 cm³/mol. The number of hydrogen-bond acceptors (Lipinski definition) is 3. The van der Waals surface area contributed by atoms with Crippen molar-refractivity contribution < 1.29 is 4.74 Å². The van der Waals surface area contributed by atoms with Crippen molar-refractivity contribution in [2.24, 2.45) is 5.92 Å². The van der Waals surface area contributed by atoms with E-state index in [0.717, 1.165) is 25.7 Å². The number of hydrogen-bond donors (Lipinski definition) is 1. The Kier molecular flexibility index (Phi) is 4.82. The first kappa shape index (κ1) is 12.6. The molecule has 2 unspecified atom stereocenters. The van der Waals surface area contributed by atoms with Crippen LogP contribution in [0.3, 0.4) is 0 Å². The minimum absolute atomic E-state index is 0.441. The normalized spacial score (nSPS) is 22.5. The van der Waals surface area contributed by atoms with Crippen molar-refractivity contribution in [3.05, 3.63) is 20.8 Å². The van der Waals surface area contributed by atoms with E-state index in [0.29, 0.717) is 6.04 Å². The summed E-state index contributed by atoms with van der Waals surface area (Å²) < 4.78 is 6.60. The molecular weight excluding hydrogens is 286 g/mol. The van der Waals surface area contributed by atoms with Crippen LogP contribution >= 0.6 is 27.3 Å². The second kappa shape index (κ2) is 6.15. The number of rotatable bonds is 5. The molecule has 1 saturated heterocycles. The lowest BCUT2D eigenvalue weighted by molar-refractivity contribution is 0.184. The minimum atomic E-state index is 0.441. The van der Waals surface area contributed by atoms with E-state index in [-0.39, 0.29) is 0 Å². The molecule has 1 aliphatic heterocycles. The van der Waals surface area contributed by atoms with Crippen LogP contribution in [-0.2, 0) is 4.74 Å². The second-order valence-corrected chi connectivity index (χ2v) is 6.13. The highest BCUT2D eigenvalue weighted by Gasteiger charge is 2.16. The van der Waals surface area contributed by atoms with Gasteiger partial charge in [-0.15, -0.1) is 11.3 Å². The van der Waals surface area contributed by atoms with Gasteiger partial charge in [-0.2, -0.15) is 0 Å². The monoisotopic (exact) mass is 303 g/mol. The lowest BCUT2D eigenvalue weighted by atomic mass is 10.1. The molecule has 1 fully saturated rings. The molecule has 2 atom stereocenters. The lowest BCUT2D eigenvalue weighted by Crippen LogP contribution is -2.21. The van der Waals surface area contributed by atoms with Crippen molar-refractivity contribution >= 4 is 27.3 Å². The standard InChI is InChI=1S/C12H18BrNOS/c1-9(12-11(13)4-7-16-12)14-5-2-10-3-6-15-8-10/h4,7,9-10,14H,2-3,5-6,8H2,1H3. The van der Waals surface area contributed by atoms with Crippen molar-refractivity contribution in [3.63, 3.8) is 0 Å². The maximum atomic E-state index is 5.37. The molecule has 90 valence electrons. The van der Waals surface area contributed by atoms with E-state index in [2.05, 4.69) is 39.6 Å². The zero-order chi connectivity index (χ0) is 11.4. The molecule has 2 rings (SSSR count). The van der Waals surface area contributed by atoms with E-state index in [1.54, 1.807) is 11.3 Å². The largest absolute Gasteiger partial charge is 0.381 e. The Hall–Kier alpha value is 0.100. The fourth-order valence-electron chi connectivity index (χ4n) is 2.02. The molecule has 2 nitrogen and oxygen atoms in total. The van der Waals surface area contributed by atoms with Crippen molar-refractivity contribution in [2.45, 2.75) is 25.8 Å². The highest BCUT2D eigenvalue weighted by Crippen LogP contribution is 2.28. The van der Waals surface area contributed by atoms with E-state index in [9.17, 15) is 0 Å². The van der Waals surface area contributed by atoms with Crippen LogP contribution in [0.1, 0.15) is 30.7 Å². The molecule has 0 spiro atoms. The van der Waals surface area contributed by atoms with Crippen molar-refractivity contribution in [2.75, 3.05) is 19.8 Å². The maximum Gasteiger partial charge on any atom is 0.0495 e. The summed E-state index contributed by atoms with van der Waals surface area (Å²) in [6.07, 6.45) is 2.46. The number of thiophene rings is 1. The zero-order valence-corrected chi connectivity index (χ0v) is 11.9. The van der Waals surface area contributed by atoms with Gasteiger partial charge in [-0.25, -0.2) is 0 Å². The molecule has 0 amide bonds. The van der Waals surface area contributed by atoms with Crippen LogP contribution in [-0.4, -0.2) is 19.8 Å². The first-order valence-corrected chi connectivity index (χ1v) is 7.48. The molecule has 1 aromatic rings. The summed E-state index contributed by atoms with van der Waals surface area (Å²) in [5.74, 6) is 0.770. The van der Waals surface area contributed by atoms with Gasteiger partial charge in [0, 0.05) is 28.6 Å². The Morgan fingerprint density at radius 3 is 3.19 bits per heavy atom. The molecule has 0 bridgehead atoms. The average molecular weight is 304 g/mol. The summed E-state index contributed by atoms with van der Waals surface area (Å²) in [6, 6.07) is 2.56. The van der Waals surface area contributed by atoms with Gasteiger partial charge in [0.25, 0.3) is 0 Å². The van der Waals surface area contributed by atoms with E-state index in [4.69, 9.17) is 4.74 Å². The van der Waals surface area contributed by atoms with Gasteiger partial charge in [-0.3, -0.25) is 0 Å². The first-order valence-electron chi connectivity index (χ1n) is 5.81. The Labute approximate surface area is 110 Å². The maximum absolute atomic E-state index is 5.37. The zero-order valence-electron chi connectivity index (χ0n) is 9.54. The fraction of sp³-hybridized carbons (Fsp3) is 0.667. The third kappa shape index (κ3) is 3.29. The molecular formula is C12H18BrNOS. The van der Waals surface area contributed by atoms with Gasteiger partial charge in [-0.05, 0) is 59.6 Å². The van der Waals surface area contributed by atoms with Gasteiger partial charge in [-0.1, -0.05) is 0 Å². The van der Waals surface area contributed by atoms with Crippen LogP contribution in [0.15, 0.2) is 15.9 Å². The Balaban J connectivity index is 1.71. The summed E-state index contributed by atoms with van der Waals surface area (Å²) in [4.78, 5) is 1.39. The van der Waals surface area contributed by atoms with Crippen LogP contribution < -0.4 is 5.32 Å². The average Bonchev–Trinajstić information content (AvgIpc) is 2.88. The summed E-state index contributed by atoms with van der Waals surface area (Å²) in [5.41, 5.74) is 0. The molecule has 2 heterocycles. The molecule has 4 heteroatoms. The minimum Gasteiger partial charge on any atom is -0.381 e. The van der Waals surface area contributed by atoms with Crippen molar-refractivity contribution in [1.82, 2.24) is 5.32 Å². The third-order valence-corrected chi connectivity index (χ3v) is 5.12. The lowest BCUT2D eigenvalue weighted by Gasteiger charge is -2.14. The number of halogens is 1. The van der Waals surface area contributed by atoms with Crippen LogP contribution in [0.25, 0.3) is 0 Å². The van der Waals surface area contributed by atoms with Gasteiger partial charge < -0.3 is 10.1 Å². The first-order chi connectivity index (χ1) is 7.77. The molecule has 1 aromatic heterocycles. The van der Waals surface area contributed by atoms with Gasteiger partial charge in [0.2, 0.25) is 0 Å². The number of ether oxygens (including phenoxy) is 1. The predicted octanol–water partition coefficient (Wildman–Crippen LogP) is 3.59. The second-order valence-electron chi connectivity index (χ2n) is 4.33. The van der Waals surface area contributed by atoms with E-state index >= 15 is 0 Å². The third-order valence-electron chi connectivity index (χ3n) is 3.07. The summed E-state index contributed by atoms with van der Waals surface area (Å²) in [7, 11) is 0. The van der Waals surface area contributed by atoms with Crippen LogP contribution in [0.2, 0.25) is 0 Å². The molecule has 0 radical (unpaired) electrons. The SMILES string of the molecule is CC(NCCC1CCOC1)c1sccc1Br. The Bertz CT molecular complexity index is 323. The van der Waals surface area contributed by atoms with Crippen LogP contribution in [0, 0.1) is 5.92 Å². The molecule has 1 aliphatic rings. The Morgan fingerprint density at radius 1 is 1.69 bits per heavy atom. The molecule has 0 aromatic carbocycles. The van der Waals surface area contributed by atoms with Gasteiger partial charge in [0.1, 0.15) is 0 Å². The summed E-state index contributed by atoms with van der Waals surface area (Å²) >= 11 is 5.38. The van der Waals surface area contributed by atoms with Gasteiger partial charge in [0.05, 0.1) is 0 Å². The summed E-state index contributed by atoms with van der Waals surface area (Å²) in [5, 5.41) is 5.70. The smallest absolute Gasteiger partial charge is 0.0495 e. The number of nitrogens with one attached hydrogen (secondary N) is 1.